The van der Waals surface area contributed by atoms with Crippen LogP contribution >= 0.6 is 11.6 Å². The third kappa shape index (κ3) is 3.88. The summed E-state index contributed by atoms with van der Waals surface area (Å²) in [6.45, 7) is 0. The maximum absolute atomic E-state index is 12.2. The Morgan fingerprint density at radius 2 is 1.95 bits per heavy atom. The monoisotopic (exact) mass is 321 g/mol. The third-order valence-corrected chi connectivity index (χ3v) is 4.29. The number of anilines is 2. The molecule has 0 spiro atoms. The molecule has 0 amide bonds. The van der Waals surface area contributed by atoms with Gasteiger partial charge in [-0.05, 0) is 29.8 Å². The van der Waals surface area contributed by atoms with Crippen molar-refractivity contribution in [3.05, 3.63) is 58.6 Å². The second-order valence-electron chi connectivity index (χ2n) is 4.37. The summed E-state index contributed by atoms with van der Waals surface area (Å²) in [7, 11) is -3.70. The number of nitriles is 1. The Hall–Kier alpha value is -2.23. The van der Waals surface area contributed by atoms with E-state index in [2.05, 4.69) is 4.72 Å². The van der Waals surface area contributed by atoms with Gasteiger partial charge in [0.15, 0.2) is 0 Å². The maximum Gasteiger partial charge on any atom is 0.237 e. The van der Waals surface area contributed by atoms with Crippen molar-refractivity contribution in [3.8, 4) is 6.07 Å². The lowest BCUT2D eigenvalue weighted by atomic mass is 10.1. The largest absolute Gasteiger partial charge is 0.399 e. The first-order valence-electron chi connectivity index (χ1n) is 5.95. The Morgan fingerprint density at radius 3 is 2.67 bits per heavy atom. The molecular weight excluding hydrogens is 310 g/mol. The summed E-state index contributed by atoms with van der Waals surface area (Å²) in [5.74, 6) is -0.318. The van der Waals surface area contributed by atoms with Crippen LogP contribution in [-0.2, 0) is 15.8 Å². The summed E-state index contributed by atoms with van der Waals surface area (Å²) < 4.78 is 26.7. The lowest BCUT2D eigenvalue weighted by Gasteiger charge is -2.11. The summed E-state index contributed by atoms with van der Waals surface area (Å²) in [6.07, 6.45) is 0. The van der Waals surface area contributed by atoms with Crippen LogP contribution in [0.1, 0.15) is 11.1 Å². The fraction of sp³-hybridized carbons (Fsp3) is 0.0714. The molecule has 7 heteroatoms. The highest BCUT2D eigenvalue weighted by atomic mass is 35.5. The van der Waals surface area contributed by atoms with E-state index in [1.54, 1.807) is 30.3 Å². The van der Waals surface area contributed by atoms with E-state index in [-0.39, 0.29) is 16.5 Å². The molecule has 0 aliphatic heterocycles. The van der Waals surface area contributed by atoms with Crippen LogP contribution in [0.15, 0.2) is 42.5 Å². The van der Waals surface area contributed by atoms with E-state index in [4.69, 9.17) is 22.6 Å². The smallest absolute Gasteiger partial charge is 0.237 e. The summed E-state index contributed by atoms with van der Waals surface area (Å²) in [4.78, 5) is 0. The predicted octanol–water partition coefficient (Wildman–Crippen LogP) is 2.74. The van der Waals surface area contributed by atoms with Crippen LogP contribution in [0.3, 0.4) is 0 Å². The fourth-order valence-corrected chi connectivity index (χ4v) is 3.24. The Labute approximate surface area is 128 Å². The number of halogens is 1. The number of nitrogens with two attached hydrogens (primary N) is 1. The highest BCUT2D eigenvalue weighted by Crippen LogP contribution is 2.26. The van der Waals surface area contributed by atoms with E-state index in [9.17, 15) is 8.42 Å². The molecule has 0 bridgehead atoms. The van der Waals surface area contributed by atoms with Crippen LogP contribution in [-0.4, -0.2) is 8.42 Å². The molecule has 108 valence electrons. The van der Waals surface area contributed by atoms with Crippen LogP contribution < -0.4 is 10.5 Å². The molecule has 0 unspecified atom stereocenters. The Balaban J connectivity index is 2.27. The predicted molar refractivity (Wildman–Crippen MR) is 83.3 cm³/mol. The number of sulfonamides is 1. The van der Waals surface area contributed by atoms with Gasteiger partial charge in [-0.1, -0.05) is 29.8 Å². The van der Waals surface area contributed by atoms with E-state index in [1.807, 2.05) is 6.07 Å². The molecule has 0 aliphatic rings. The van der Waals surface area contributed by atoms with Crippen molar-refractivity contribution < 1.29 is 8.42 Å². The van der Waals surface area contributed by atoms with Crippen LogP contribution in [0.2, 0.25) is 5.02 Å². The molecule has 0 saturated heterocycles. The van der Waals surface area contributed by atoms with E-state index >= 15 is 0 Å². The van der Waals surface area contributed by atoms with Gasteiger partial charge in [0.25, 0.3) is 0 Å². The molecule has 0 aliphatic carbocycles. The Bertz CT molecular complexity index is 813. The van der Waals surface area contributed by atoms with Gasteiger partial charge < -0.3 is 5.73 Å². The molecule has 0 aromatic heterocycles. The number of rotatable bonds is 4. The first-order chi connectivity index (χ1) is 9.91. The highest BCUT2D eigenvalue weighted by Gasteiger charge is 2.16. The minimum absolute atomic E-state index is 0.214. The quantitative estimate of drug-likeness (QED) is 0.846. The number of nitrogen functional groups attached to an aromatic ring is 1. The Morgan fingerprint density at radius 1 is 1.24 bits per heavy atom. The summed E-state index contributed by atoms with van der Waals surface area (Å²) in [6, 6.07) is 13.0. The molecule has 2 aromatic rings. The molecule has 3 N–H and O–H groups in total. The summed E-state index contributed by atoms with van der Waals surface area (Å²) >= 11 is 5.93. The second-order valence-corrected chi connectivity index (χ2v) is 6.50. The van der Waals surface area contributed by atoms with Crippen molar-refractivity contribution in [1.29, 1.82) is 5.26 Å². The molecule has 5 nitrogen and oxygen atoms in total. The fourth-order valence-electron chi connectivity index (χ4n) is 1.78. The van der Waals surface area contributed by atoms with Gasteiger partial charge >= 0.3 is 0 Å². The zero-order valence-corrected chi connectivity index (χ0v) is 12.4. The average molecular weight is 322 g/mol. The summed E-state index contributed by atoms with van der Waals surface area (Å²) in [5, 5.41) is 9.23. The minimum atomic E-state index is -3.70. The zero-order chi connectivity index (χ0) is 15.5. The van der Waals surface area contributed by atoms with Crippen molar-refractivity contribution in [1.82, 2.24) is 0 Å². The van der Waals surface area contributed by atoms with Crippen molar-refractivity contribution in [3.63, 3.8) is 0 Å². The van der Waals surface area contributed by atoms with Crippen molar-refractivity contribution in [2.45, 2.75) is 5.75 Å². The van der Waals surface area contributed by atoms with Crippen LogP contribution in [0.25, 0.3) is 0 Å². The highest BCUT2D eigenvalue weighted by molar-refractivity contribution is 7.91. The van der Waals surface area contributed by atoms with Crippen LogP contribution in [0.4, 0.5) is 11.4 Å². The second kappa shape index (κ2) is 6.04. The molecular formula is C14H12ClN3O2S. The van der Waals surface area contributed by atoms with Gasteiger partial charge in [0.1, 0.15) is 0 Å². The molecule has 2 rings (SSSR count). The first-order valence-corrected chi connectivity index (χ1v) is 7.98. The van der Waals surface area contributed by atoms with Gasteiger partial charge in [0.2, 0.25) is 10.0 Å². The zero-order valence-electron chi connectivity index (χ0n) is 10.9. The van der Waals surface area contributed by atoms with Crippen LogP contribution in [0.5, 0.6) is 0 Å². The first kappa shape index (κ1) is 15.2. The van der Waals surface area contributed by atoms with E-state index in [1.165, 1.54) is 12.1 Å². The third-order valence-electron chi connectivity index (χ3n) is 2.74. The topological polar surface area (TPSA) is 96.0 Å². The van der Waals surface area contributed by atoms with Gasteiger partial charge in [-0.2, -0.15) is 5.26 Å². The number of nitrogens with zero attached hydrogens (tertiary/aromatic N) is 1. The van der Waals surface area contributed by atoms with Crippen molar-refractivity contribution in [2.24, 2.45) is 0 Å². The standard InChI is InChI=1S/C14H12ClN3O2S/c15-13-6-5-12(17)7-14(13)18-21(19,20)9-11-4-2-1-3-10(11)8-16/h1-7,18H,9,17H2. The van der Waals surface area contributed by atoms with Gasteiger partial charge in [-0.25, -0.2) is 8.42 Å². The van der Waals surface area contributed by atoms with Crippen molar-refractivity contribution >= 4 is 33.0 Å². The van der Waals surface area contributed by atoms with Crippen LogP contribution in [0, 0.1) is 11.3 Å². The number of nitrogens with one attached hydrogen (secondary N) is 1. The molecule has 0 saturated carbocycles. The molecule has 21 heavy (non-hydrogen) atoms. The summed E-state index contributed by atoms with van der Waals surface area (Å²) in [5.41, 5.74) is 6.96. The van der Waals surface area contributed by atoms with E-state index < -0.39 is 10.0 Å². The van der Waals surface area contributed by atoms with Crippen molar-refractivity contribution in [2.75, 3.05) is 10.5 Å². The number of hydrogen-bond donors (Lipinski definition) is 2. The molecule has 0 fully saturated rings. The Kier molecular flexibility index (Phi) is 4.36. The molecule has 0 heterocycles. The minimum Gasteiger partial charge on any atom is -0.399 e. The average Bonchev–Trinajstić information content (AvgIpc) is 2.43. The van der Waals surface area contributed by atoms with E-state index in [0.717, 1.165) is 0 Å². The van der Waals surface area contributed by atoms with Gasteiger partial charge in [0, 0.05) is 5.69 Å². The van der Waals surface area contributed by atoms with Gasteiger partial charge in [-0.3, -0.25) is 4.72 Å². The molecule has 0 atom stereocenters. The lowest BCUT2D eigenvalue weighted by molar-refractivity contribution is 0.600. The van der Waals surface area contributed by atoms with E-state index in [0.29, 0.717) is 16.8 Å². The van der Waals surface area contributed by atoms with Gasteiger partial charge in [0.05, 0.1) is 28.1 Å². The maximum atomic E-state index is 12.2. The SMILES string of the molecule is N#Cc1ccccc1CS(=O)(=O)Nc1cc(N)ccc1Cl. The number of benzene rings is 2. The lowest BCUT2D eigenvalue weighted by Crippen LogP contribution is -2.16. The molecule has 0 radical (unpaired) electrons. The number of hydrogen-bond acceptors (Lipinski definition) is 4. The normalized spacial score (nSPS) is 10.9. The molecule has 2 aromatic carbocycles. The van der Waals surface area contributed by atoms with Gasteiger partial charge in [-0.15, -0.1) is 0 Å².